The zero-order chi connectivity index (χ0) is 12.3. The van der Waals surface area contributed by atoms with Crippen LogP contribution in [0.4, 0.5) is 0 Å². The summed E-state index contributed by atoms with van der Waals surface area (Å²) < 4.78 is 0. The van der Waals surface area contributed by atoms with Gasteiger partial charge in [-0.25, -0.2) is 0 Å². The van der Waals surface area contributed by atoms with Crippen molar-refractivity contribution in [2.75, 3.05) is 20.1 Å². The molecule has 0 aromatic heterocycles. The van der Waals surface area contributed by atoms with E-state index in [0.717, 1.165) is 19.6 Å². The average Bonchev–Trinajstić information content (AvgIpc) is 2.83. The lowest BCUT2D eigenvalue weighted by Crippen LogP contribution is -2.32. The van der Waals surface area contributed by atoms with Gasteiger partial charge in [0.1, 0.15) is 0 Å². The maximum absolute atomic E-state index is 10.9. The van der Waals surface area contributed by atoms with Crippen molar-refractivity contribution in [3.8, 4) is 0 Å². The number of halogens is 1. The second kappa shape index (κ2) is 6.73. The highest BCUT2D eigenvalue weighted by atomic mass is 35.5. The monoisotopic (exact) mass is 269 g/mol. The minimum absolute atomic E-state index is 0. The van der Waals surface area contributed by atoms with Gasteiger partial charge in [0.05, 0.1) is 0 Å². The quantitative estimate of drug-likeness (QED) is 0.857. The van der Waals surface area contributed by atoms with E-state index in [1.54, 1.807) is 12.1 Å². The van der Waals surface area contributed by atoms with E-state index in [4.69, 9.17) is 5.73 Å². The number of primary amides is 1. The summed E-state index contributed by atoms with van der Waals surface area (Å²) in [5.41, 5.74) is 6.99. The molecule has 0 bridgehead atoms. The first-order chi connectivity index (χ1) is 8.16. The molecule has 0 aliphatic carbocycles. The van der Waals surface area contributed by atoms with Gasteiger partial charge < -0.3 is 11.1 Å². The molecule has 1 heterocycles. The third-order valence-corrected chi connectivity index (χ3v) is 3.33. The number of likely N-dealkylation sites (N-methyl/N-ethyl adjacent to an activating group) is 1. The van der Waals surface area contributed by atoms with Crippen molar-refractivity contribution in [1.82, 2.24) is 10.2 Å². The Labute approximate surface area is 114 Å². The summed E-state index contributed by atoms with van der Waals surface area (Å²) in [5, 5.41) is 3.36. The Hall–Kier alpha value is -1.10. The average molecular weight is 270 g/mol. The number of rotatable bonds is 4. The van der Waals surface area contributed by atoms with E-state index >= 15 is 0 Å². The maximum Gasteiger partial charge on any atom is 0.248 e. The fourth-order valence-corrected chi connectivity index (χ4v) is 2.21. The van der Waals surface area contributed by atoms with Gasteiger partial charge in [0.2, 0.25) is 5.91 Å². The first-order valence-electron chi connectivity index (χ1n) is 5.96. The Morgan fingerprint density at radius 3 is 2.61 bits per heavy atom. The highest BCUT2D eigenvalue weighted by Gasteiger charge is 2.18. The van der Waals surface area contributed by atoms with E-state index in [1.165, 1.54) is 12.0 Å². The van der Waals surface area contributed by atoms with Crippen LogP contribution in [0.25, 0.3) is 0 Å². The maximum atomic E-state index is 10.9. The first-order valence-corrected chi connectivity index (χ1v) is 5.96. The third kappa shape index (κ3) is 3.70. The molecular weight excluding hydrogens is 250 g/mol. The zero-order valence-corrected chi connectivity index (χ0v) is 11.4. The van der Waals surface area contributed by atoms with Gasteiger partial charge in [-0.3, -0.25) is 9.69 Å². The van der Waals surface area contributed by atoms with E-state index in [1.807, 2.05) is 12.1 Å². The van der Waals surface area contributed by atoms with E-state index in [0.29, 0.717) is 11.6 Å². The highest BCUT2D eigenvalue weighted by molar-refractivity contribution is 5.92. The minimum atomic E-state index is -0.370. The fraction of sp³-hybridized carbons (Fsp3) is 0.462. The molecule has 0 saturated carbocycles. The molecule has 0 radical (unpaired) electrons. The molecule has 18 heavy (non-hydrogen) atoms. The molecule has 2 rings (SSSR count). The van der Waals surface area contributed by atoms with Crippen LogP contribution in [-0.4, -0.2) is 37.0 Å². The van der Waals surface area contributed by atoms with Crippen molar-refractivity contribution >= 4 is 18.3 Å². The van der Waals surface area contributed by atoms with Crippen LogP contribution in [0.2, 0.25) is 0 Å². The number of nitrogens with one attached hydrogen (secondary N) is 1. The largest absolute Gasteiger partial charge is 0.366 e. The zero-order valence-electron chi connectivity index (χ0n) is 10.6. The molecule has 1 aliphatic rings. The number of nitrogens with zero attached hydrogens (tertiary/aromatic N) is 1. The second-order valence-electron chi connectivity index (χ2n) is 4.62. The highest BCUT2D eigenvalue weighted by Crippen LogP contribution is 2.12. The number of carbonyl (C=O) groups excluding carboxylic acids is 1. The molecule has 1 unspecified atom stereocenters. The Kier molecular flexibility index (Phi) is 5.59. The first kappa shape index (κ1) is 15.0. The molecule has 3 N–H and O–H groups in total. The van der Waals surface area contributed by atoms with Gasteiger partial charge in [-0.05, 0) is 37.7 Å². The number of benzene rings is 1. The standard InChI is InChI=1S/C13H19N3O.ClH/c1-16(12-6-7-15-8-12)9-10-2-4-11(5-3-10)13(14)17;/h2-5,12,15H,6-9H2,1H3,(H2,14,17);1H. The van der Waals surface area contributed by atoms with E-state index in [2.05, 4.69) is 17.3 Å². The summed E-state index contributed by atoms with van der Waals surface area (Å²) >= 11 is 0. The lowest BCUT2D eigenvalue weighted by molar-refractivity contribution is 0.100. The number of amides is 1. The summed E-state index contributed by atoms with van der Waals surface area (Å²) in [6.07, 6.45) is 1.20. The van der Waals surface area contributed by atoms with Gasteiger partial charge in [-0.2, -0.15) is 0 Å². The summed E-state index contributed by atoms with van der Waals surface area (Å²) in [7, 11) is 2.14. The summed E-state index contributed by atoms with van der Waals surface area (Å²) in [4.78, 5) is 13.3. The van der Waals surface area contributed by atoms with Crippen LogP contribution in [0.1, 0.15) is 22.3 Å². The second-order valence-corrected chi connectivity index (χ2v) is 4.62. The third-order valence-electron chi connectivity index (χ3n) is 3.33. The van der Waals surface area contributed by atoms with Crippen LogP contribution in [0.3, 0.4) is 0 Å². The molecule has 1 aromatic carbocycles. The van der Waals surface area contributed by atoms with Crippen LogP contribution in [0, 0.1) is 0 Å². The summed E-state index contributed by atoms with van der Waals surface area (Å²) in [6.45, 7) is 3.08. The smallest absolute Gasteiger partial charge is 0.248 e. The Morgan fingerprint density at radius 1 is 1.44 bits per heavy atom. The summed E-state index contributed by atoms with van der Waals surface area (Å²) in [5.74, 6) is -0.370. The molecule has 1 saturated heterocycles. The van der Waals surface area contributed by atoms with E-state index < -0.39 is 0 Å². The van der Waals surface area contributed by atoms with Crippen LogP contribution < -0.4 is 11.1 Å². The molecule has 100 valence electrons. The van der Waals surface area contributed by atoms with Crippen LogP contribution in [0.15, 0.2) is 24.3 Å². The summed E-state index contributed by atoms with van der Waals surface area (Å²) in [6, 6.07) is 8.14. The lowest BCUT2D eigenvalue weighted by atomic mass is 10.1. The van der Waals surface area contributed by atoms with Crippen molar-refractivity contribution in [1.29, 1.82) is 0 Å². The predicted octanol–water partition coefficient (Wildman–Crippen LogP) is 1.00. The Morgan fingerprint density at radius 2 is 2.11 bits per heavy atom. The number of hydrogen-bond acceptors (Lipinski definition) is 3. The molecule has 4 nitrogen and oxygen atoms in total. The van der Waals surface area contributed by atoms with E-state index in [-0.39, 0.29) is 18.3 Å². The van der Waals surface area contributed by atoms with Crippen molar-refractivity contribution in [3.05, 3.63) is 35.4 Å². The van der Waals surface area contributed by atoms with Gasteiger partial charge in [-0.1, -0.05) is 12.1 Å². The van der Waals surface area contributed by atoms with Gasteiger partial charge in [0, 0.05) is 24.7 Å². The van der Waals surface area contributed by atoms with Crippen molar-refractivity contribution in [2.24, 2.45) is 5.73 Å². The van der Waals surface area contributed by atoms with Crippen LogP contribution in [0.5, 0.6) is 0 Å². The molecule has 1 amide bonds. The topological polar surface area (TPSA) is 58.4 Å². The van der Waals surface area contributed by atoms with Gasteiger partial charge in [0.15, 0.2) is 0 Å². The predicted molar refractivity (Wildman–Crippen MR) is 74.9 cm³/mol. The van der Waals surface area contributed by atoms with Crippen molar-refractivity contribution in [3.63, 3.8) is 0 Å². The van der Waals surface area contributed by atoms with Crippen LogP contribution in [-0.2, 0) is 6.54 Å². The number of nitrogens with two attached hydrogens (primary N) is 1. The molecule has 1 fully saturated rings. The Bertz CT molecular complexity index is 388. The van der Waals surface area contributed by atoms with Gasteiger partial charge in [-0.15, -0.1) is 12.4 Å². The molecule has 1 aromatic rings. The minimum Gasteiger partial charge on any atom is -0.366 e. The van der Waals surface area contributed by atoms with Gasteiger partial charge in [0.25, 0.3) is 0 Å². The van der Waals surface area contributed by atoms with Crippen LogP contribution >= 0.6 is 12.4 Å². The van der Waals surface area contributed by atoms with Crippen molar-refractivity contribution < 1.29 is 4.79 Å². The lowest BCUT2D eigenvalue weighted by Gasteiger charge is -2.23. The molecule has 1 atom stereocenters. The molecular formula is C13H20ClN3O. The molecule has 1 aliphatic heterocycles. The SMILES string of the molecule is CN(Cc1ccc(C(N)=O)cc1)C1CCNC1.Cl. The normalized spacial score (nSPS) is 18.7. The Balaban J connectivity index is 0.00000162. The fourth-order valence-electron chi connectivity index (χ4n) is 2.21. The number of carbonyl (C=O) groups is 1. The van der Waals surface area contributed by atoms with E-state index in [9.17, 15) is 4.79 Å². The molecule has 0 spiro atoms. The molecule has 5 heteroatoms. The number of hydrogen-bond donors (Lipinski definition) is 2. The van der Waals surface area contributed by atoms with Crippen molar-refractivity contribution in [2.45, 2.75) is 19.0 Å². The van der Waals surface area contributed by atoms with Gasteiger partial charge >= 0.3 is 0 Å².